The summed E-state index contributed by atoms with van der Waals surface area (Å²) in [5.41, 5.74) is 0.500. The lowest BCUT2D eigenvalue weighted by atomic mass is 9.87. The molecule has 86 valence electrons. The molecule has 0 aromatic heterocycles. The molecule has 0 aliphatic rings. The van der Waals surface area contributed by atoms with Crippen LogP contribution in [0.3, 0.4) is 0 Å². The average Bonchev–Trinajstić information content (AvgIpc) is 2.24. The highest BCUT2D eigenvalue weighted by Gasteiger charge is 2.23. The van der Waals surface area contributed by atoms with Gasteiger partial charge in [0.2, 0.25) is 0 Å². The van der Waals surface area contributed by atoms with E-state index in [0.717, 1.165) is 5.75 Å². The van der Waals surface area contributed by atoms with Gasteiger partial charge in [-0.3, -0.25) is 0 Å². The third-order valence-corrected chi connectivity index (χ3v) is 5.20. The molecule has 0 saturated carbocycles. The van der Waals surface area contributed by atoms with Crippen molar-refractivity contribution in [3.63, 3.8) is 0 Å². The number of thioether (sulfide) groups is 1. The molecule has 0 saturated heterocycles. The number of hydrogen-bond donors (Lipinski definition) is 1. The SMILES string of the molecule is CCCCCSCC(CC)(CC)CS. The van der Waals surface area contributed by atoms with Crippen LogP contribution in [-0.2, 0) is 0 Å². The Morgan fingerprint density at radius 1 is 1.07 bits per heavy atom. The van der Waals surface area contributed by atoms with Gasteiger partial charge >= 0.3 is 0 Å². The normalized spacial score (nSPS) is 12.0. The third kappa shape index (κ3) is 5.55. The van der Waals surface area contributed by atoms with E-state index in [9.17, 15) is 0 Å². The first-order chi connectivity index (χ1) is 6.74. The molecule has 0 rings (SSSR count). The molecule has 0 aliphatic heterocycles. The van der Waals surface area contributed by atoms with E-state index in [4.69, 9.17) is 0 Å². The van der Waals surface area contributed by atoms with Crippen molar-refractivity contribution >= 4 is 24.4 Å². The predicted octanol–water partition coefficient (Wildman–Crippen LogP) is 4.65. The van der Waals surface area contributed by atoms with Crippen LogP contribution in [0.25, 0.3) is 0 Å². The summed E-state index contributed by atoms with van der Waals surface area (Å²) in [6.07, 6.45) is 6.65. The fraction of sp³-hybridized carbons (Fsp3) is 1.00. The van der Waals surface area contributed by atoms with Gasteiger partial charge in [-0.25, -0.2) is 0 Å². The molecule has 0 atom stereocenters. The smallest absolute Gasteiger partial charge is 0.000320 e. The van der Waals surface area contributed by atoms with E-state index in [2.05, 4.69) is 45.2 Å². The molecule has 0 aromatic carbocycles. The summed E-state index contributed by atoms with van der Waals surface area (Å²) >= 11 is 6.62. The maximum atomic E-state index is 4.49. The van der Waals surface area contributed by atoms with E-state index in [-0.39, 0.29) is 0 Å². The Kier molecular flexibility index (Phi) is 9.41. The fourth-order valence-electron chi connectivity index (χ4n) is 1.47. The summed E-state index contributed by atoms with van der Waals surface area (Å²) in [5.74, 6) is 3.68. The van der Waals surface area contributed by atoms with Gasteiger partial charge in [0.15, 0.2) is 0 Å². The van der Waals surface area contributed by atoms with Gasteiger partial charge < -0.3 is 0 Å². The van der Waals surface area contributed by atoms with Crippen LogP contribution in [0, 0.1) is 5.41 Å². The second kappa shape index (κ2) is 8.96. The molecule has 0 bridgehead atoms. The predicted molar refractivity (Wildman–Crippen MR) is 73.7 cm³/mol. The van der Waals surface area contributed by atoms with Gasteiger partial charge in [-0.1, -0.05) is 33.6 Å². The first-order valence-corrected chi connectivity index (χ1v) is 7.72. The van der Waals surface area contributed by atoms with Gasteiger partial charge in [-0.05, 0) is 41.9 Å². The Labute approximate surface area is 100 Å². The van der Waals surface area contributed by atoms with Crippen molar-refractivity contribution in [2.45, 2.75) is 52.9 Å². The molecule has 0 aromatic rings. The van der Waals surface area contributed by atoms with Crippen LogP contribution in [0.4, 0.5) is 0 Å². The summed E-state index contributed by atoms with van der Waals surface area (Å²) < 4.78 is 0. The molecule has 0 radical (unpaired) electrons. The molecule has 0 amide bonds. The summed E-state index contributed by atoms with van der Waals surface area (Å²) in [7, 11) is 0. The van der Waals surface area contributed by atoms with Crippen LogP contribution < -0.4 is 0 Å². The third-order valence-electron chi connectivity index (χ3n) is 3.14. The molecule has 0 fully saturated rings. The first kappa shape index (κ1) is 14.7. The maximum absolute atomic E-state index is 4.49. The summed E-state index contributed by atoms with van der Waals surface area (Å²) in [4.78, 5) is 0. The second-order valence-corrected chi connectivity index (χ2v) is 5.55. The van der Waals surface area contributed by atoms with Gasteiger partial charge in [-0.15, -0.1) is 0 Å². The molecular formula is C12H26S2. The quantitative estimate of drug-likeness (QED) is 0.448. The van der Waals surface area contributed by atoms with E-state index in [1.165, 1.54) is 43.6 Å². The van der Waals surface area contributed by atoms with E-state index in [1.807, 2.05) is 0 Å². The largest absolute Gasteiger partial charge is 0.179 e. The summed E-state index contributed by atoms with van der Waals surface area (Å²) in [5, 5.41) is 0. The van der Waals surface area contributed by atoms with Gasteiger partial charge in [0.25, 0.3) is 0 Å². The van der Waals surface area contributed by atoms with Crippen LogP contribution in [0.15, 0.2) is 0 Å². The minimum absolute atomic E-state index is 0.500. The van der Waals surface area contributed by atoms with Crippen molar-refractivity contribution in [3.8, 4) is 0 Å². The van der Waals surface area contributed by atoms with Gasteiger partial charge in [0.1, 0.15) is 0 Å². The van der Waals surface area contributed by atoms with E-state index in [0.29, 0.717) is 5.41 Å². The Hall–Kier alpha value is 0.700. The van der Waals surface area contributed by atoms with Crippen LogP contribution in [0.2, 0.25) is 0 Å². The molecule has 0 aliphatic carbocycles. The van der Waals surface area contributed by atoms with E-state index >= 15 is 0 Å². The van der Waals surface area contributed by atoms with Crippen LogP contribution in [0.5, 0.6) is 0 Å². The first-order valence-electron chi connectivity index (χ1n) is 5.93. The Bertz CT molecular complexity index is 111. The van der Waals surface area contributed by atoms with Gasteiger partial charge in [0.05, 0.1) is 0 Å². The molecule has 0 nitrogen and oxygen atoms in total. The monoisotopic (exact) mass is 234 g/mol. The summed E-state index contributed by atoms with van der Waals surface area (Å²) in [6, 6.07) is 0. The lowest BCUT2D eigenvalue weighted by Crippen LogP contribution is -2.24. The van der Waals surface area contributed by atoms with Gasteiger partial charge in [0, 0.05) is 0 Å². The van der Waals surface area contributed by atoms with Crippen molar-refractivity contribution in [1.82, 2.24) is 0 Å². The van der Waals surface area contributed by atoms with Crippen LogP contribution >= 0.6 is 24.4 Å². The molecule has 0 N–H and O–H groups in total. The van der Waals surface area contributed by atoms with Crippen molar-refractivity contribution in [2.75, 3.05) is 17.3 Å². The zero-order valence-corrected chi connectivity index (χ0v) is 11.7. The Morgan fingerprint density at radius 3 is 2.14 bits per heavy atom. The maximum Gasteiger partial charge on any atom is -0.000320 e. The highest BCUT2D eigenvalue weighted by atomic mass is 32.2. The van der Waals surface area contributed by atoms with Crippen molar-refractivity contribution in [1.29, 1.82) is 0 Å². The summed E-state index contributed by atoms with van der Waals surface area (Å²) in [6.45, 7) is 6.86. The minimum Gasteiger partial charge on any atom is -0.179 e. The number of rotatable bonds is 9. The van der Waals surface area contributed by atoms with Gasteiger partial charge in [-0.2, -0.15) is 24.4 Å². The number of hydrogen-bond acceptors (Lipinski definition) is 2. The topological polar surface area (TPSA) is 0 Å². The number of thiol groups is 1. The van der Waals surface area contributed by atoms with E-state index in [1.54, 1.807) is 0 Å². The number of unbranched alkanes of at least 4 members (excludes halogenated alkanes) is 2. The molecule has 0 heterocycles. The van der Waals surface area contributed by atoms with Crippen LogP contribution in [-0.4, -0.2) is 17.3 Å². The lowest BCUT2D eigenvalue weighted by Gasteiger charge is -2.29. The Balaban J connectivity index is 3.61. The molecule has 0 spiro atoms. The average molecular weight is 234 g/mol. The molecule has 2 heteroatoms. The minimum atomic E-state index is 0.500. The molecule has 14 heavy (non-hydrogen) atoms. The second-order valence-electron chi connectivity index (χ2n) is 4.12. The van der Waals surface area contributed by atoms with Crippen molar-refractivity contribution in [3.05, 3.63) is 0 Å². The lowest BCUT2D eigenvalue weighted by molar-refractivity contribution is 0.357. The fourth-order valence-corrected chi connectivity index (χ4v) is 3.67. The molecular weight excluding hydrogens is 208 g/mol. The zero-order chi connectivity index (χ0) is 10.9. The van der Waals surface area contributed by atoms with Crippen molar-refractivity contribution < 1.29 is 0 Å². The zero-order valence-electron chi connectivity index (χ0n) is 10.0. The highest BCUT2D eigenvalue weighted by Crippen LogP contribution is 2.32. The Morgan fingerprint density at radius 2 is 1.71 bits per heavy atom. The van der Waals surface area contributed by atoms with Crippen LogP contribution in [0.1, 0.15) is 52.9 Å². The highest BCUT2D eigenvalue weighted by molar-refractivity contribution is 7.99. The molecule has 0 unspecified atom stereocenters. The van der Waals surface area contributed by atoms with E-state index < -0.39 is 0 Å². The van der Waals surface area contributed by atoms with Crippen molar-refractivity contribution in [2.24, 2.45) is 5.41 Å². The standard InChI is InChI=1S/C12H26S2/c1-4-7-8-9-14-11-12(5-2,6-3)10-13/h13H,4-11H2,1-3H3.